The largest absolute Gasteiger partial charge is 0.465 e. The molecule has 0 saturated carbocycles. The summed E-state index contributed by atoms with van der Waals surface area (Å²) in [6.45, 7) is 9.02. The van der Waals surface area contributed by atoms with E-state index in [4.69, 9.17) is 9.47 Å². The van der Waals surface area contributed by atoms with Crippen LogP contribution in [0.4, 0.5) is 0 Å². The average Bonchev–Trinajstić information content (AvgIpc) is 2.77. The second-order valence-electron chi connectivity index (χ2n) is 6.08. The van der Waals surface area contributed by atoms with Crippen LogP contribution in [-0.2, 0) is 14.3 Å². The van der Waals surface area contributed by atoms with E-state index in [1.54, 1.807) is 0 Å². The van der Waals surface area contributed by atoms with Crippen molar-refractivity contribution in [1.29, 1.82) is 0 Å². The van der Waals surface area contributed by atoms with Crippen LogP contribution in [0.5, 0.6) is 0 Å². The minimum atomic E-state index is -0.472. The van der Waals surface area contributed by atoms with Crippen LogP contribution < -0.4 is 5.32 Å². The molecule has 2 atom stereocenters. The summed E-state index contributed by atoms with van der Waals surface area (Å²) in [6, 6.07) is 0. The molecule has 0 aromatic rings. The number of ether oxygens (including phenoxy) is 2. The van der Waals surface area contributed by atoms with Crippen LogP contribution in [0.15, 0.2) is 0 Å². The molecule has 21 heavy (non-hydrogen) atoms. The topological polar surface area (TPSA) is 50.8 Å². The van der Waals surface area contributed by atoms with Crippen LogP contribution in [-0.4, -0.2) is 61.9 Å². The summed E-state index contributed by atoms with van der Waals surface area (Å²) in [6.07, 6.45) is 4.91. The molecule has 1 N–H and O–H groups in total. The lowest BCUT2D eigenvalue weighted by Gasteiger charge is -2.46. The molecule has 0 bridgehead atoms. The molecule has 0 radical (unpaired) electrons. The predicted octanol–water partition coefficient (Wildman–Crippen LogP) is 1.56. The molecule has 0 aliphatic carbocycles. The zero-order valence-corrected chi connectivity index (χ0v) is 13.5. The van der Waals surface area contributed by atoms with Gasteiger partial charge in [0.2, 0.25) is 0 Å². The first-order valence-corrected chi connectivity index (χ1v) is 8.47. The van der Waals surface area contributed by atoms with E-state index in [9.17, 15) is 4.79 Å². The van der Waals surface area contributed by atoms with Crippen LogP contribution in [0.2, 0.25) is 0 Å². The molecule has 2 aliphatic heterocycles. The molecule has 0 amide bonds. The SMILES string of the molecule is CCCC1CC(C(=O)OCC)(N2CCCNCC2)CCO1. The monoisotopic (exact) mass is 298 g/mol. The third kappa shape index (κ3) is 3.96. The standard InChI is InChI=1S/C16H30N2O3/c1-3-6-14-13-16(7-12-21-14,15(19)20-4-2)18-10-5-8-17-9-11-18/h14,17H,3-13H2,1-2H3. The Hall–Kier alpha value is -0.650. The molecule has 2 heterocycles. The molecular weight excluding hydrogens is 268 g/mol. The van der Waals surface area contributed by atoms with Gasteiger partial charge in [-0.1, -0.05) is 13.3 Å². The summed E-state index contributed by atoms with van der Waals surface area (Å²) in [7, 11) is 0. The molecular formula is C16H30N2O3. The summed E-state index contributed by atoms with van der Waals surface area (Å²) in [4.78, 5) is 15.1. The van der Waals surface area contributed by atoms with Crippen LogP contribution >= 0.6 is 0 Å². The van der Waals surface area contributed by atoms with Gasteiger partial charge in [0, 0.05) is 32.7 Å². The fourth-order valence-electron chi connectivity index (χ4n) is 3.58. The first kappa shape index (κ1) is 16.7. The van der Waals surface area contributed by atoms with Crippen molar-refractivity contribution in [2.45, 2.75) is 57.6 Å². The molecule has 0 aromatic carbocycles. The van der Waals surface area contributed by atoms with Gasteiger partial charge in [0.1, 0.15) is 5.54 Å². The number of nitrogens with zero attached hydrogens (tertiary/aromatic N) is 1. The minimum absolute atomic E-state index is 0.0451. The summed E-state index contributed by atoms with van der Waals surface area (Å²) in [5, 5.41) is 3.42. The Kier molecular flexibility index (Phi) is 6.45. The first-order chi connectivity index (χ1) is 10.2. The quantitative estimate of drug-likeness (QED) is 0.781. The first-order valence-electron chi connectivity index (χ1n) is 8.47. The van der Waals surface area contributed by atoms with E-state index < -0.39 is 5.54 Å². The highest BCUT2D eigenvalue weighted by atomic mass is 16.5. The predicted molar refractivity (Wildman–Crippen MR) is 82.3 cm³/mol. The highest BCUT2D eigenvalue weighted by molar-refractivity contribution is 5.81. The highest BCUT2D eigenvalue weighted by Gasteiger charge is 2.48. The number of hydrogen-bond donors (Lipinski definition) is 1. The Morgan fingerprint density at radius 3 is 3.00 bits per heavy atom. The summed E-state index contributed by atoms with van der Waals surface area (Å²) >= 11 is 0. The summed E-state index contributed by atoms with van der Waals surface area (Å²) < 4.78 is 11.3. The molecule has 2 aliphatic rings. The maximum absolute atomic E-state index is 12.7. The fraction of sp³-hybridized carbons (Fsp3) is 0.938. The van der Waals surface area contributed by atoms with Gasteiger partial charge in [0.25, 0.3) is 0 Å². The third-order valence-electron chi connectivity index (χ3n) is 4.65. The molecule has 2 fully saturated rings. The van der Waals surface area contributed by atoms with Crippen molar-refractivity contribution in [3.8, 4) is 0 Å². The molecule has 2 saturated heterocycles. The number of rotatable bonds is 5. The number of esters is 1. The average molecular weight is 298 g/mol. The molecule has 2 unspecified atom stereocenters. The normalized spacial score (nSPS) is 31.6. The van der Waals surface area contributed by atoms with E-state index in [2.05, 4.69) is 17.1 Å². The van der Waals surface area contributed by atoms with Crippen LogP contribution in [0.3, 0.4) is 0 Å². The zero-order valence-electron chi connectivity index (χ0n) is 13.5. The van der Waals surface area contributed by atoms with Gasteiger partial charge in [0.15, 0.2) is 0 Å². The van der Waals surface area contributed by atoms with Crippen molar-refractivity contribution in [2.75, 3.05) is 39.4 Å². The lowest BCUT2D eigenvalue weighted by molar-refractivity contribution is -0.169. The molecule has 0 spiro atoms. The highest BCUT2D eigenvalue weighted by Crippen LogP contribution is 2.34. The van der Waals surface area contributed by atoms with E-state index in [1.165, 1.54) is 0 Å². The maximum Gasteiger partial charge on any atom is 0.326 e. The molecule has 5 heteroatoms. The second-order valence-corrected chi connectivity index (χ2v) is 6.08. The number of carbonyl (C=O) groups is 1. The van der Waals surface area contributed by atoms with Gasteiger partial charge in [-0.3, -0.25) is 9.69 Å². The van der Waals surface area contributed by atoms with Crippen LogP contribution in [0, 0.1) is 0 Å². The molecule has 0 aromatic heterocycles. The van der Waals surface area contributed by atoms with Crippen LogP contribution in [0.25, 0.3) is 0 Å². The molecule has 5 nitrogen and oxygen atoms in total. The van der Waals surface area contributed by atoms with E-state index >= 15 is 0 Å². The van der Waals surface area contributed by atoms with Gasteiger partial charge in [-0.25, -0.2) is 0 Å². The number of hydrogen-bond acceptors (Lipinski definition) is 5. The Balaban J connectivity index is 2.18. The lowest BCUT2D eigenvalue weighted by Crippen LogP contribution is -2.60. The van der Waals surface area contributed by atoms with Crippen LogP contribution in [0.1, 0.15) is 46.0 Å². The summed E-state index contributed by atoms with van der Waals surface area (Å²) in [5.74, 6) is -0.0451. The van der Waals surface area contributed by atoms with Gasteiger partial charge in [0.05, 0.1) is 12.7 Å². The Morgan fingerprint density at radius 1 is 1.38 bits per heavy atom. The number of nitrogens with one attached hydrogen (secondary N) is 1. The second kappa shape index (κ2) is 8.11. The zero-order chi connectivity index (χ0) is 15.1. The van der Waals surface area contributed by atoms with E-state index in [1.807, 2.05) is 6.92 Å². The van der Waals surface area contributed by atoms with E-state index in [0.29, 0.717) is 13.2 Å². The minimum Gasteiger partial charge on any atom is -0.465 e. The van der Waals surface area contributed by atoms with E-state index in [0.717, 1.165) is 58.3 Å². The Labute approximate surface area is 128 Å². The third-order valence-corrected chi connectivity index (χ3v) is 4.65. The van der Waals surface area contributed by atoms with Gasteiger partial charge in [-0.15, -0.1) is 0 Å². The van der Waals surface area contributed by atoms with Gasteiger partial charge < -0.3 is 14.8 Å². The Bertz CT molecular complexity index is 327. The van der Waals surface area contributed by atoms with Crippen molar-refractivity contribution in [3.63, 3.8) is 0 Å². The van der Waals surface area contributed by atoms with Gasteiger partial charge in [-0.2, -0.15) is 0 Å². The number of carbonyl (C=O) groups excluding carboxylic acids is 1. The molecule has 122 valence electrons. The Morgan fingerprint density at radius 2 is 2.24 bits per heavy atom. The van der Waals surface area contributed by atoms with Crippen molar-refractivity contribution < 1.29 is 14.3 Å². The van der Waals surface area contributed by atoms with Crippen molar-refractivity contribution >= 4 is 5.97 Å². The fourth-order valence-corrected chi connectivity index (χ4v) is 3.58. The smallest absolute Gasteiger partial charge is 0.326 e. The maximum atomic E-state index is 12.7. The lowest BCUT2D eigenvalue weighted by atomic mass is 9.83. The van der Waals surface area contributed by atoms with Crippen molar-refractivity contribution in [1.82, 2.24) is 10.2 Å². The van der Waals surface area contributed by atoms with Gasteiger partial charge in [-0.05, 0) is 32.7 Å². The van der Waals surface area contributed by atoms with Crippen molar-refractivity contribution in [3.05, 3.63) is 0 Å². The van der Waals surface area contributed by atoms with Gasteiger partial charge >= 0.3 is 5.97 Å². The summed E-state index contributed by atoms with van der Waals surface area (Å²) in [5.41, 5.74) is -0.472. The van der Waals surface area contributed by atoms with Crippen molar-refractivity contribution in [2.24, 2.45) is 0 Å². The van der Waals surface area contributed by atoms with E-state index in [-0.39, 0.29) is 12.1 Å². The molecule has 2 rings (SSSR count).